The van der Waals surface area contributed by atoms with Gasteiger partial charge in [-0.2, -0.15) is 0 Å². The maximum atomic E-state index is 6.31. The second-order valence-electron chi connectivity index (χ2n) is 16.0. The molecule has 0 saturated carbocycles. The minimum absolute atomic E-state index is 0.412. The van der Waals surface area contributed by atoms with Crippen molar-refractivity contribution in [3.8, 4) is 56.4 Å². The summed E-state index contributed by atoms with van der Waals surface area (Å²) in [5, 5.41) is 4.25. The van der Waals surface area contributed by atoms with E-state index in [0.29, 0.717) is 17.5 Å². The van der Waals surface area contributed by atoms with Gasteiger partial charge in [0.2, 0.25) is 0 Å². The SMILES string of the molecule is C/C=C1\C(=C/CC)C2(c3ccccc31)c1ccccc1-c1c(-c3ccc(-c4nc(-c5ccccc5)nc(-c5cccc6oc7ccccc7c56)n4)c4ccccc34)cccc12. The Bertz CT molecular complexity index is 3480. The van der Waals surface area contributed by atoms with Crippen molar-refractivity contribution in [1.82, 2.24) is 15.0 Å². The Morgan fingerprint density at radius 3 is 1.80 bits per heavy atom. The average Bonchev–Trinajstić information content (AvgIpc) is 3.95. The Labute approximate surface area is 354 Å². The first-order valence-corrected chi connectivity index (χ1v) is 21.1. The monoisotopic (exact) mass is 781 g/mol. The van der Waals surface area contributed by atoms with Gasteiger partial charge in [-0.05, 0) is 98.0 Å². The van der Waals surface area contributed by atoms with Crippen LogP contribution in [0.1, 0.15) is 42.5 Å². The molecule has 0 amide bonds. The largest absolute Gasteiger partial charge is 0.456 e. The summed E-state index contributed by atoms with van der Waals surface area (Å²) in [7, 11) is 0. The van der Waals surface area contributed by atoms with Gasteiger partial charge in [-0.1, -0.05) is 177 Å². The quantitative estimate of drug-likeness (QED) is 0.174. The second-order valence-corrected chi connectivity index (χ2v) is 16.0. The lowest BCUT2D eigenvalue weighted by Gasteiger charge is -2.31. The van der Waals surface area contributed by atoms with Crippen LogP contribution in [-0.4, -0.2) is 15.0 Å². The molecule has 0 saturated heterocycles. The lowest BCUT2D eigenvalue weighted by molar-refractivity contribution is 0.669. The van der Waals surface area contributed by atoms with Crippen LogP contribution < -0.4 is 0 Å². The maximum Gasteiger partial charge on any atom is 0.164 e. The summed E-state index contributed by atoms with van der Waals surface area (Å²) in [5.41, 5.74) is 17.0. The molecule has 2 aromatic heterocycles. The first-order valence-electron chi connectivity index (χ1n) is 21.1. The van der Waals surface area contributed by atoms with Crippen LogP contribution in [0.4, 0.5) is 0 Å². The van der Waals surface area contributed by atoms with Gasteiger partial charge >= 0.3 is 0 Å². The number of aromatic nitrogens is 3. The third-order valence-corrected chi connectivity index (χ3v) is 12.8. The van der Waals surface area contributed by atoms with Gasteiger partial charge in [0.15, 0.2) is 17.5 Å². The molecule has 1 spiro atoms. The lowest BCUT2D eigenvalue weighted by atomic mass is 9.70. The van der Waals surface area contributed by atoms with Crippen LogP contribution in [0, 0.1) is 0 Å². The third-order valence-electron chi connectivity index (χ3n) is 12.8. The van der Waals surface area contributed by atoms with E-state index >= 15 is 0 Å². The van der Waals surface area contributed by atoms with Crippen molar-refractivity contribution in [1.29, 1.82) is 0 Å². The minimum atomic E-state index is -0.412. The molecule has 61 heavy (non-hydrogen) atoms. The van der Waals surface area contributed by atoms with Crippen LogP contribution in [0.15, 0.2) is 198 Å². The van der Waals surface area contributed by atoms with Gasteiger partial charge in [0, 0.05) is 27.5 Å². The van der Waals surface area contributed by atoms with Gasteiger partial charge < -0.3 is 4.42 Å². The molecule has 12 rings (SSSR count). The van der Waals surface area contributed by atoms with E-state index < -0.39 is 5.41 Å². The van der Waals surface area contributed by atoms with Gasteiger partial charge in [0.25, 0.3) is 0 Å². The summed E-state index contributed by atoms with van der Waals surface area (Å²) < 4.78 is 6.31. The molecule has 8 aromatic carbocycles. The normalized spacial score (nSPS) is 16.6. The topological polar surface area (TPSA) is 51.8 Å². The number of furan rings is 1. The van der Waals surface area contributed by atoms with E-state index in [1.54, 1.807) is 0 Å². The highest BCUT2D eigenvalue weighted by Gasteiger charge is 2.53. The van der Waals surface area contributed by atoms with Gasteiger partial charge in [-0.25, -0.2) is 15.0 Å². The third kappa shape index (κ3) is 5.03. The first kappa shape index (κ1) is 35.3. The zero-order valence-corrected chi connectivity index (χ0v) is 33.9. The van der Waals surface area contributed by atoms with Gasteiger partial charge in [0.05, 0.1) is 5.41 Å². The molecule has 1 atom stereocenters. The molecule has 1 unspecified atom stereocenters. The van der Waals surface area contributed by atoms with Crippen LogP contribution in [0.3, 0.4) is 0 Å². The van der Waals surface area contributed by atoms with Gasteiger partial charge in [-0.15, -0.1) is 0 Å². The molecule has 2 aliphatic rings. The summed E-state index contributed by atoms with van der Waals surface area (Å²) in [6.07, 6.45) is 5.71. The number of benzene rings is 8. The van der Waals surface area contributed by atoms with Crippen LogP contribution in [-0.2, 0) is 5.41 Å². The predicted octanol–water partition coefficient (Wildman–Crippen LogP) is 14.7. The molecule has 0 fully saturated rings. The zero-order valence-electron chi connectivity index (χ0n) is 33.9. The van der Waals surface area contributed by atoms with Crippen LogP contribution in [0.5, 0.6) is 0 Å². The molecule has 288 valence electrons. The number of rotatable bonds is 5. The fourth-order valence-corrected chi connectivity index (χ4v) is 10.5. The molecule has 2 aliphatic carbocycles. The van der Waals surface area contributed by atoms with Crippen molar-refractivity contribution in [2.75, 3.05) is 0 Å². The van der Waals surface area contributed by atoms with E-state index in [0.717, 1.165) is 55.8 Å². The average molecular weight is 782 g/mol. The number of para-hydroxylation sites is 1. The molecular weight excluding hydrogens is 743 g/mol. The minimum Gasteiger partial charge on any atom is -0.456 e. The summed E-state index contributed by atoms with van der Waals surface area (Å²) >= 11 is 0. The van der Waals surface area contributed by atoms with E-state index in [9.17, 15) is 0 Å². The maximum absolute atomic E-state index is 6.31. The molecular formula is C57H39N3O. The van der Waals surface area contributed by atoms with Crippen molar-refractivity contribution in [2.24, 2.45) is 0 Å². The highest BCUT2D eigenvalue weighted by atomic mass is 16.3. The number of hydrogen-bond acceptors (Lipinski definition) is 4. The molecule has 0 bridgehead atoms. The van der Waals surface area contributed by atoms with Crippen molar-refractivity contribution in [3.05, 3.63) is 216 Å². The Morgan fingerprint density at radius 1 is 0.459 bits per heavy atom. The number of fused-ring (bicyclic) bond motifs is 11. The smallest absolute Gasteiger partial charge is 0.164 e. The molecule has 0 radical (unpaired) electrons. The second kappa shape index (κ2) is 13.7. The molecule has 4 heteroatoms. The van der Waals surface area contributed by atoms with Crippen LogP contribution in [0.25, 0.3) is 94.7 Å². The van der Waals surface area contributed by atoms with Crippen molar-refractivity contribution < 1.29 is 4.42 Å². The molecule has 10 aromatic rings. The summed E-state index contributed by atoms with van der Waals surface area (Å²) in [6, 6.07) is 62.7. The van der Waals surface area contributed by atoms with Crippen LogP contribution >= 0.6 is 0 Å². The Kier molecular flexibility index (Phi) is 7.91. The standard InChI is InChI=1S/C57H39N3O/c1-3-18-46-36(4-2)40-23-10-13-28-47(40)57(46)48-29-14-11-24-43(48)52-41(26-16-30-49(52)57)39-33-34-42(38-22-9-8-21-37(38)39)55-58-54(35-19-6-5-7-20-35)59-56(60-55)45-27-17-32-51-53(45)44-25-12-15-31-50(44)61-51/h4-34H,3H2,1-2H3/b36-4-,46-18+. The van der Waals surface area contributed by atoms with Crippen molar-refractivity contribution in [2.45, 2.75) is 25.7 Å². The molecule has 0 N–H and O–H groups in total. The fourth-order valence-electron chi connectivity index (χ4n) is 10.5. The molecule has 4 nitrogen and oxygen atoms in total. The molecule has 0 aliphatic heterocycles. The Balaban J connectivity index is 1.10. The molecule has 2 heterocycles. The highest BCUT2D eigenvalue weighted by molar-refractivity contribution is 6.12. The summed E-state index contributed by atoms with van der Waals surface area (Å²) in [5.74, 6) is 1.84. The van der Waals surface area contributed by atoms with Crippen molar-refractivity contribution >= 4 is 38.3 Å². The van der Waals surface area contributed by atoms with Gasteiger partial charge in [-0.3, -0.25) is 0 Å². The van der Waals surface area contributed by atoms with Gasteiger partial charge in [0.1, 0.15) is 11.2 Å². The van der Waals surface area contributed by atoms with E-state index in [1.165, 1.54) is 55.7 Å². The van der Waals surface area contributed by atoms with Crippen LogP contribution in [0.2, 0.25) is 0 Å². The number of hydrogen-bond donors (Lipinski definition) is 0. The Hall–Kier alpha value is -7.69. The van der Waals surface area contributed by atoms with Crippen molar-refractivity contribution in [3.63, 3.8) is 0 Å². The fraction of sp³-hybridized carbons (Fsp3) is 0.0702. The van der Waals surface area contributed by atoms with E-state index in [2.05, 4.69) is 153 Å². The number of nitrogens with zero attached hydrogens (tertiary/aromatic N) is 3. The van der Waals surface area contributed by atoms with E-state index in [-0.39, 0.29) is 0 Å². The van der Waals surface area contributed by atoms with E-state index in [1.807, 2.05) is 48.5 Å². The number of allylic oxidation sites excluding steroid dienone is 4. The predicted molar refractivity (Wildman–Crippen MR) is 250 cm³/mol. The zero-order chi connectivity index (χ0) is 40.7. The Morgan fingerprint density at radius 2 is 1.02 bits per heavy atom. The summed E-state index contributed by atoms with van der Waals surface area (Å²) in [4.78, 5) is 15.7. The van der Waals surface area contributed by atoms with E-state index in [4.69, 9.17) is 19.4 Å². The first-order chi connectivity index (χ1) is 30.2. The highest BCUT2D eigenvalue weighted by Crippen LogP contribution is 2.65. The summed E-state index contributed by atoms with van der Waals surface area (Å²) in [6.45, 7) is 4.43. The lowest BCUT2D eigenvalue weighted by Crippen LogP contribution is -2.26.